The largest absolute Gasteiger partial charge is 0.396 e. The van der Waals surface area contributed by atoms with Crippen LogP contribution in [0.3, 0.4) is 0 Å². The van der Waals surface area contributed by atoms with Gasteiger partial charge in [0.25, 0.3) is 40.5 Å². The Hall–Kier alpha value is -6.66. The van der Waals surface area contributed by atoms with Crippen molar-refractivity contribution in [1.82, 2.24) is 29.9 Å². The zero-order valence-electron chi connectivity index (χ0n) is 41.9. The van der Waals surface area contributed by atoms with Crippen LogP contribution >= 0.6 is 24.1 Å². The molecule has 0 bridgehead atoms. The summed E-state index contributed by atoms with van der Waals surface area (Å²) < 4.78 is 148. The van der Waals surface area contributed by atoms with E-state index in [-0.39, 0.29) is 81.9 Å². The fourth-order valence-electron chi connectivity index (χ4n) is 7.26. The highest BCUT2D eigenvalue weighted by Crippen LogP contribution is 2.35. The maximum atomic E-state index is 13.0. The summed E-state index contributed by atoms with van der Waals surface area (Å²) in [5, 5.41) is 85.1. The van der Waals surface area contributed by atoms with Gasteiger partial charge in [-0.3, -0.25) is 18.2 Å². The van der Waals surface area contributed by atoms with Crippen molar-refractivity contribution in [3.8, 4) is 0 Å². The van der Waals surface area contributed by atoms with E-state index in [0.717, 1.165) is 30.3 Å². The Morgan fingerprint density at radius 2 is 1.00 bits per heavy atom. The van der Waals surface area contributed by atoms with Crippen LogP contribution in [-0.4, -0.2) is 177 Å². The summed E-state index contributed by atoms with van der Waals surface area (Å²) in [6.07, 6.45) is 2.54. The van der Waals surface area contributed by atoms with Crippen molar-refractivity contribution >= 4 is 135 Å². The molecule has 4 aromatic carbocycles. The number of anilines is 10. The molecule has 0 fully saturated rings. The average Bonchev–Trinajstić information content (AvgIpc) is 3.50. The zero-order valence-corrected chi connectivity index (χ0v) is 46.8. The Bertz CT molecular complexity index is 3740. The molecule has 0 aliphatic carbocycles. The van der Waals surface area contributed by atoms with Gasteiger partial charge in [-0.2, -0.15) is 63.6 Å². The van der Waals surface area contributed by atoms with E-state index >= 15 is 0 Å². The Kier molecular flexibility index (Phi) is 23.1. The van der Waals surface area contributed by atoms with E-state index in [0.29, 0.717) is 30.2 Å². The summed E-state index contributed by atoms with van der Waals surface area (Å²) in [7, 11) is -20.2. The van der Waals surface area contributed by atoms with Gasteiger partial charge in [-0.15, -0.1) is 8.67 Å². The minimum Gasteiger partial charge on any atom is -0.396 e. The minimum atomic E-state index is -5.18. The molecular weight excluding hydrogens is 1230 g/mol. The summed E-state index contributed by atoms with van der Waals surface area (Å²) >= 11 is 0.801. The molecule has 6 aromatic rings. The molecule has 35 nitrogen and oxygen atoms in total. The molecule has 0 saturated heterocycles. The third-order valence-electron chi connectivity index (χ3n) is 10.8. The molecule has 2 heterocycles. The number of aromatic nitrogens is 6. The van der Waals surface area contributed by atoms with Crippen LogP contribution in [0.1, 0.15) is 17.5 Å². The van der Waals surface area contributed by atoms with Crippen LogP contribution in [0.4, 0.5) is 58.4 Å². The lowest BCUT2D eigenvalue weighted by molar-refractivity contribution is -0.432. The van der Waals surface area contributed by atoms with E-state index in [1.54, 1.807) is 0 Å². The highest BCUT2D eigenvalue weighted by atomic mass is 32.2. The second-order valence-corrected chi connectivity index (χ2v) is 23.4. The van der Waals surface area contributed by atoms with Gasteiger partial charge in [0.1, 0.15) is 14.7 Å². The lowest BCUT2D eigenvalue weighted by atomic mass is 10.1. The van der Waals surface area contributed by atoms with Crippen molar-refractivity contribution in [3.05, 3.63) is 83.9 Å². The summed E-state index contributed by atoms with van der Waals surface area (Å²) in [5.74, 6) is -2.09. The molecule has 6 rings (SSSR count). The summed E-state index contributed by atoms with van der Waals surface area (Å²) in [6, 6.07) is 12.4. The van der Waals surface area contributed by atoms with Gasteiger partial charge in [-0.05, 0) is 78.2 Å². The van der Waals surface area contributed by atoms with Crippen LogP contribution < -0.4 is 31.1 Å². The first-order valence-electron chi connectivity index (χ1n) is 22.9. The Morgan fingerprint density at radius 1 is 0.506 bits per heavy atom. The predicted molar refractivity (Wildman–Crippen MR) is 291 cm³/mol. The van der Waals surface area contributed by atoms with Crippen LogP contribution in [0.15, 0.2) is 102 Å². The third kappa shape index (κ3) is 18.4. The Morgan fingerprint density at radius 3 is 1.52 bits per heavy atom. The Balaban J connectivity index is 1.37. The fourth-order valence-corrected chi connectivity index (χ4v) is 10.9. The highest BCUT2D eigenvalue weighted by molar-refractivity contribution is 7.95. The lowest BCUT2D eigenvalue weighted by Crippen LogP contribution is -2.42. The molecule has 2 aromatic heterocycles. The quantitative estimate of drug-likeness (QED) is 0.00947. The SMILES string of the molecule is O=S(=O)(O)c1ccc(Nc2nc(Nc3ccc(/C=C/c4ccc(Nc5nc(Nc6ccc(SOOO)cc6S(=O)(=O)O)nc(N(CCO)C(CO)CCO)n5)cc4S(=O)(=O)O)c(SOOO)c3)nc(N(CCO)CCO)n2)c(S(=O)(=O)O)c1. The summed E-state index contributed by atoms with van der Waals surface area (Å²) in [6.45, 7) is -3.01. The number of rotatable bonds is 32. The second kappa shape index (κ2) is 29.2. The van der Waals surface area contributed by atoms with Gasteiger partial charge >= 0.3 is 0 Å². The van der Waals surface area contributed by atoms with Gasteiger partial charge < -0.3 is 56.6 Å². The molecular formula is C42H48N12O23S6. The molecule has 0 saturated carbocycles. The summed E-state index contributed by atoms with van der Waals surface area (Å²) in [5.41, 5.74) is -0.660. The molecule has 83 heavy (non-hydrogen) atoms. The number of hydrogen-bond acceptors (Lipinski definition) is 33. The molecule has 1 atom stereocenters. The molecule has 450 valence electrons. The molecule has 0 amide bonds. The van der Waals surface area contributed by atoms with E-state index in [1.807, 2.05) is 0 Å². The molecule has 0 spiro atoms. The van der Waals surface area contributed by atoms with Crippen molar-refractivity contribution in [2.75, 3.05) is 83.7 Å². The molecule has 0 radical (unpaired) electrons. The van der Waals surface area contributed by atoms with Crippen LogP contribution in [0.2, 0.25) is 0 Å². The maximum absolute atomic E-state index is 13.0. The van der Waals surface area contributed by atoms with Gasteiger partial charge in [0, 0.05) is 47.4 Å². The number of hydrogen-bond donors (Lipinski definition) is 15. The number of aliphatic hydroxyl groups excluding tert-OH is 5. The van der Waals surface area contributed by atoms with Gasteiger partial charge in [-0.1, -0.05) is 34.4 Å². The second-order valence-electron chi connectivity index (χ2n) is 16.3. The van der Waals surface area contributed by atoms with E-state index in [4.69, 9.17) is 14.8 Å². The monoisotopic (exact) mass is 1280 g/mol. The normalized spacial score (nSPS) is 12.6. The van der Waals surface area contributed by atoms with Crippen LogP contribution in [-0.2, 0) is 59.2 Å². The molecule has 0 aliphatic heterocycles. The third-order valence-corrected chi connectivity index (χ3v) is 15.6. The van der Waals surface area contributed by atoms with Crippen LogP contribution in [0, 0.1) is 0 Å². The van der Waals surface area contributed by atoms with Gasteiger partial charge in [0.05, 0.1) is 72.8 Å². The maximum Gasteiger partial charge on any atom is 0.296 e. The average molecular weight is 1280 g/mol. The topological polar surface area (TPSA) is 528 Å². The van der Waals surface area contributed by atoms with Gasteiger partial charge in [0.2, 0.25) is 35.7 Å². The zero-order chi connectivity index (χ0) is 60.7. The van der Waals surface area contributed by atoms with E-state index in [2.05, 4.69) is 65.6 Å². The van der Waals surface area contributed by atoms with Crippen molar-refractivity contribution in [2.45, 2.75) is 41.8 Å². The number of nitrogens with one attached hydrogen (secondary N) is 4. The van der Waals surface area contributed by atoms with E-state index < -0.39 is 123 Å². The number of nitrogens with zero attached hydrogens (tertiary/aromatic N) is 8. The lowest BCUT2D eigenvalue weighted by Gasteiger charge is -2.30. The molecule has 1 unspecified atom stereocenters. The first kappa shape index (κ1) is 65.5. The standard InChI is InChI=1S/C42H48N12O23S6/c55-15-11-28(23-59)54(14-18-58)42-51-38(48-40(52-42)45-31-9-7-29(78-76-74-60)21-35(31)82(68,69)70)44-27-6-4-25(34(20-27)81(65,66)67)2-1-24-3-5-26(19-33(24)79-77-75-61)43-37-47-39(50-41(49-37)53(12-16-56)13-17-57)46-32-10-8-30(80(62,63)64)22-36(32)83(71,72)73/h1-10,19-22,28,55-61H,11-18,23H2,(H,62,63,64)(H,65,66,67)(H,68,69,70)(H,71,72,73)(H2,43,46,47,49,50)(H2,44,45,48,51,52)/b2-1+. The Labute approximate surface area is 478 Å². The first-order valence-corrected chi connectivity index (χ1v) is 30.2. The van der Waals surface area contributed by atoms with Crippen molar-refractivity contribution in [1.29, 1.82) is 0 Å². The van der Waals surface area contributed by atoms with Crippen molar-refractivity contribution in [2.24, 2.45) is 0 Å². The smallest absolute Gasteiger partial charge is 0.296 e. The highest BCUT2D eigenvalue weighted by Gasteiger charge is 2.26. The number of aliphatic hydroxyl groups is 5. The molecule has 0 aliphatic rings. The fraction of sp³-hybridized carbons (Fsp3) is 0.238. The first-order chi connectivity index (χ1) is 39.3. The van der Waals surface area contributed by atoms with E-state index in [9.17, 15) is 77.4 Å². The van der Waals surface area contributed by atoms with Crippen molar-refractivity contribution < 1.29 is 107 Å². The molecule has 15 N–H and O–H groups in total. The van der Waals surface area contributed by atoms with Crippen molar-refractivity contribution in [3.63, 3.8) is 0 Å². The number of benzene rings is 4. The summed E-state index contributed by atoms with van der Waals surface area (Å²) in [4.78, 5) is 25.1. The van der Waals surface area contributed by atoms with E-state index in [1.165, 1.54) is 58.4 Å². The van der Waals surface area contributed by atoms with Crippen LogP contribution in [0.5, 0.6) is 0 Å². The van der Waals surface area contributed by atoms with Gasteiger partial charge in [0.15, 0.2) is 0 Å². The minimum absolute atomic E-state index is 0.0180. The molecule has 41 heteroatoms. The van der Waals surface area contributed by atoms with Gasteiger partial charge in [-0.25, -0.2) is 10.5 Å². The predicted octanol–water partition coefficient (Wildman–Crippen LogP) is 2.38. The van der Waals surface area contributed by atoms with Crippen LogP contribution in [0.25, 0.3) is 12.2 Å².